The lowest BCUT2D eigenvalue weighted by Gasteiger charge is -2.23. The zero-order chi connectivity index (χ0) is 16.8. The van der Waals surface area contributed by atoms with Crippen molar-refractivity contribution in [3.8, 4) is 5.88 Å². The van der Waals surface area contributed by atoms with Gasteiger partial charge < -0.3 is 14.8 Å². The molecule has 1 amide bonds. The van der Waals surface area contributed by atoms with Crippen LogP contribution in [-0.2, 0) is 11.3 Å². The second-order valence-corrected chi connectivity index (χ2v) is 5.89. The molecule has 0 bridgehead atoms. The van der Waals surface area contributed by atoms with Crippen LogP contribution in [0.4, 0.5) is 0 Å². The maximum atomic E-state index is 12.2. The first-order valence-electron chi connectivity index (χ1n) is 7.79. The van der Waals surface area contributed by atoms with E-state index in [4.69, 9.17) is 21.1 Å². The number of aromatic nitrogens is 2. The Kier molecular flexibility index (Phi) is 5.61. The highest BCUT2D eigenvalue weighted by Crippen LogP contribution is 2.25. The Morgan fingerprint density at radius 2 is 2.21 bits per heavy atom. The molecule has 0 radical (unpaired) electrons. The topological polar surface area (TPSA) is 73.3 Å². The van der Waals surface area contributed by atoms with Crippen LogP contribution < -0.4 is 10.1 Å². The minimum Gasteiger partial charge on any atom is -0.473 e. The molecule has 0 saturated carbocycles. The van der Waals surface area contributed by atoms with Crippen LogP contribution >= 0.6 is 11.6 Å². The number of carbonyl (C=O) groups is 1. The van der Waals surface area contributed by atoms with Gasteiger partial charge in [-0.05, 0) is 17.7 Å². The van der Waals surface area contributed by atoms with Crippen LogP contribution in [-0.4, -0.2) is 35.2 Å². The van der Waals surface area contributed by atoms with Gasteiger partial charge in [-0.3, -0.25) is 9.78 Å². The summed E-state index contributed by atoms with van der Waals surface area (Å²) in [7, 11) is 0. The number of nitrogens with zero attached hydrogens (tertiary/aromatic N) is 2. The first-order chi connectivity index (χ1) is 11.7. The van der Waals surface area contributed by atoms with E-state index in [1.807, 2.05) is 12.1 Å². The van der Waals surface area contributed by atoms with E-state index in [1.54, 1.807) is 18.5 Å². The summed E-state index contributed by atoms with van der Waals surface area (Å²) in [5, 5.41) is 3.14. The Balaban J connectivity index is 1.59. The highest BCUT2D eigenvalue weighted by Gasteiger charge is 2.18. The maximum Gasteiger partial charge on any atom is 0.253 e. The van der Waals surface area contributed by atoms with Crippen molar-refractivity contribution >= 4 is 17.5 Å². The fourth-order valence-corrected chi connectivity index (χ4v) is 2.59. The molecule has 2 aromatic heterocycles. The summed E-state index contributed by atoms with van der Waals surface area (Å²) in [4.78, 5) is 20.4. The molecule has 7 heteroatoms. The van der Waals surface area contributed by atoms with Crippen molar-refractivity contribution in [1.29, 1.82) is 0 Å². The van der Waals surface area contributed by atoms with Gasteiger partial charge in [0.25, 0.3) is 5.91 Å². The summed E-state index contributed by atoms with van der Waals surface area (Å²) in [6, 6.07) is 5.29. The number of nitrogens with one attached hydrogen (secondary N) is 1. The van der Waals surface area contributed by atoms with Crippen molar-refractivity contribution in [2.75, 3.05) is 13.2 Å². The number of amides is 1. The molecule has 1 saturated heterocycles. The molecule has 2 aromatic rings. The molecule has 0 aliphatic carbocycles. The quantitative estimate of drug-likeness (QED) is 0.900. The predicted octanol–water partition coefficient (Wildman–Crippen LogP) is 2.62. The van der Waals surface area contributed by atoms with Crippen LogP contribution in [0.5, 0.6) is 5.88 Å². The van der Waals surface area contributed by atoms with Crippen molar-refractivity contribution in [1.82, 2.24) is 15.3 Å². The molecular formula is C17H18ClN3O3. The Morgan fingerprint density at radius 1 is 1.38 bits per heavy atom. The molecule has 1 fully saturated rings. The lowest BCUT2D eigenvalue weighted by Crippen LogP contribution is -2.26. The standard InChI is InChI=1S/C17H18ClN3O3/c18-15-8-13(16(22)20-10-12-2-1-5-19-9-12)11-21-17(15)24-14-3-6-23-7-4-14/h1-2,5,8-9,11,14H,3-4,6-7,10H2,(H,20,22). The summed E-state index contributed by atoms with van der Waals surface area (Å²) in [6.07, 6.45) is 6.53. The van der Waals surface area contributed by atoms with E-state index in [-0.39, 0.29) is 12.0 Å². The summed E-state index contributed by atoms with van der Waals surface area (Å²) in [5.41, 5.74) is 1.31. The van der Waals surface area contributed by atoms with E-state index in [0.29, 0.717) is 36.2 Å². The molecule has 1 aliphatic heterocycles. The lowest BCUT2D eigenvalue weighted by molar-refractivity contribution is 0.0238. The van der Waals surface area contributed by atoms with Gasteiger partial charge in [-0.2, -0.15) is 0 Å². The molecule has 1 N–H and O–H groups in total. The molecule has 24 heavy (non-hydrogen) atoms. The van der Waals surface area contributed by atoms with Crippen LogP contribution in [0, 0.1) is 0 Å². The van der Waals surface area contributed by atoms with Crippen molar-refractivity contribution < 1.29 is 14.3 Å². The molecule has 126 valence electrons. The Hall–Kier alpha value is -2.18. The van der Waals surface area contributed by atoms with Gasteiger partial charge in [0.15, 0.2) is 0 Å². The van der Waals surface area contributed by atoms with Crippen LogP contribution in [0.1, 0.15) is 28.8 Å². The van der Waals surface area contributed by atoms with E-state index in [0.717, 1.165) is 18.4 Å². The van der Waals surface area contributed by atoms with E-state index in [2.05, 4.69) is 15.3 Å². The number of carbonyl (C=O) groups excluding carboxylic acids is 1. The zero-order valence-electron chi connectivity index (χ0n) is 13.1. The van der Waals surface area contributed by atoms with Crippen molar-refractivity contribution in [3.05, 3.63) is 52.9 Å². The highest BCUT2D eigenvalue weighted by molar-refractivity contribution is 6.32. The van der Waals surface area contributed by atoms with Gasteiger partial charge in [-0.25, -0.2) is 4.98 Å². The fraction of sp³-hybridized carbons (Fsp3) is 0.353. The number of rotatable bonds is 5. The Morgan fingerprint density at radius 3 is 2.92 bits per heavy atom. The molecule has 1 aliphatic rings. The average molecular weight is 348 g/mol. The molecule has 3 heterocycles. The van der Waals surface area contributed by atoms with Gasteiger partial charge >= 0.3 is 0 Å². The molecule has 0 atom stereocenters. The van der Waals surface area contributed by atoms with Crippen LogP contribution in [0.15, 0.2) is 36.8 Å². The number of hydrogen-bond donors (Lipinski definition) is 1. The summed E-state index contributed by atoms with van der Waals surface area (Å²) >= 11 is 6.20. The van der Waals surface area contributed by atoms with Gasteiger partial charge in [-0.15, -0.1) is 0 Å². The maximum absolute atomic E-state index is 12.2. The van der Waals surface area contributed by atoms with E-state index < -0.39 is 0 Å². The normalized spacial score (nSPS) is 15.0. The third kappa shape index (κ3) is 4.43. The zero-order valence-corrected chi connectivity index (χ0v) is 13.8. The average Bonchev–Trinajstić information content (AvgIpc) is 2.63. The van der Waals surface area contributed by atoms with E-state index >= 15 is 0 Å². The van der Waals surface area contributed by atoms with Gasteiger partial charge in [0, 0.05) is 38.0 Å². The van der Waals surface area contributed by atoms with Crippen molar-refractivity contribution in [3.63, 3.8) is 0 Å². The molecular weight excluding hydrogens is 330 g/mol. The van der Waals surface area contributed by atoms with Gasteiger partial charge in [-0.1, -0.05) is 17.7 Å². The van der Waals surface area contributed by atoms with Gasteiger partial charge in [0.1, 0.15) is 11.1 Å². The third-order valence-electron chi connectivity index (χ3n) is 3.69. The monoisotopic (exact) mass is 347 g/mol. The first kappa shape index (κ1) is 16.7. The van der Waals surface area contributed by atoms with Crippen LogP contribution in [0.3, 0.4) is 0 Å². The summed E-state index contributed by atoms with van der Waals surface area (Å²) in [5.74, 6) is 0.109. The summed E-state index contributed by atoms with van der Waals surface area (Å²) < 4.78 is 11.1. The fourth-order valence-electron chi connectivity index (χ4n) is 2.38. The number of halogens is 1. The molecule has 0 aromatic carbocycles. The summed E-state index contributed by atoms with van der Waals surface area (Å²) in [6.45, 7) is 1.75. The smallest absolute Gasteiger partial charge is 0.253 e. The highest BCUT2D eigenvalue weighted by atomic mass is 35.5. The minimum absolute atomic E-state index is 0.0500. The van der Waals surface area contributed by atoms with Crippen LogP contribution in [0.25, 0.3) is 0 Å². The Bertz CT molecular complexity index is 691. The second kappa shape index (κ2) is 8.08. The van der Waals surface area contributed by atoms with Gasteiger partial charge in [0.05, 0.1) is 18.8 Å². The minimum atomic E-state index is -0.245. The van der Waals surface area contributed by atoms with Crippen molar-refractivity contribution in [2.45, 2.75) is 25.5 Å². The number of ether oxygens (including phenoxy) is 2. The van der Waals surface area contributed by atoms with Crippen LogP contribution in [0.2, 0.25) is 5.02 Å². The molecule has 0 unspecified atom stereocenters. The van der Waals surface area contributed by atoms with E-state index in [1.165, 1.54) is 6.20 Å². The molecule has 0 spiro atoms. The van der Waals surface area contributed by atoms with Crippen molar-refractivity contribution in [2.24, 2.45) is 0 Å². The number of hydrogen-bond acceptors (Lipinski definition) is 5. The predicted molar refractivity (Wildman–Crippen MR) is 89.1 cm³/mol. The van der Waals surface area contributed by atoms with Gasteiger partial charge in [0.2, 0.25) is 5.88 Å². The number of pyridine rings is 2. The largest absolute Gasteiger partial charge is 0.473 e. The lowest BCUT2D eigenvalue weighted by atomic mass is 10.1. The first-order valence-corrected chi connectivity index (χ1v) is 8.17. The van der Waals surface area contributed by atoms with E-state index in [9.17, 15) is 4.79 Å². The Labute approximate surface area is 145 Å². The SMILES string of the molecule is O=C(NCc1cccnc1)c1cnc(OC2CCOCC2)c(Cl)c1. The molecule has 3 rings (SSSR count). The third-order valence-corrected chi connectivity index (χ3v) is 3.96. The second-order valence-electron chi connectivity index (χ2n) is 5.48. The molecule has 6 nitrogen and oxygen atoms in total.